The molecule has 0 spiro atoms. The van der Waals surface area contributed by atoms with Crippen LogP contribution in [0.15, 0.2) is 24.3 Å². The van der Waals surface area contributed by atoms with Crippen LogP contribution >= 0.6 is 0 Å². The van der Waals surface area contributed by atoms with Crippen LogP contribution in [0, 0.1) is 0 Å². The summed E-state index contributed by atoms with van der Waals surface area (Å²) in [6.45, 7) is 7.76. The molecule has 3 nitrogen and oxygen atoms in total. The SMILES string of the molecule is CC(C)Oc1ccccc1C(C)(C)CC(=O)O. The van der Waals surface area contributed by atoms with Gasteiger partial charge in [-0.05, 0) is 19.9 Å². The molecule has 1 N–H and O–H groups in total. The molecule has 0 aromatic heterocycles. The number of ether oxygens (including phenoxy) is 1. The van der Waals surface area contributed by atoms with Gasteiger partial charge < -0.3 is 9.84 Å². The standard InChI is InChI=1S/C14H20O3/c1-10(2)17-12-8-6-5-7-11(12)14(3,4)9-13(15)16/h5-8,10H,9H2,1-4H3,(H,15,16). The van der Waals surface area contributed by atoms with Crippen molar-refractivity contribution in [3.05, 3.63) is 29.8 Å². The first-order valence-electron chi connectivity index (χ1n) is 5.81. The molecule has 17 heavy (non-hydrogen) atoms. The first kappa shape index (κ1) is 13.6. The van der Waals surface area contributed by atoms with Gasteiger partial charge in [-0.1, -0.05) is 32.0 Å². The van der Waals surface area contributed by atoms with Gasteiger partial charge in [0, 0.05) is 11.0 Å². The van der Waals surface area contributed by atoms with Crippen LogP contribution in [0.2, 0.25) is 0 Å². The molecule has 1 aromatic rings. The maximum Gasteiger partial charge on any atom is 0.304 e. The lowest BCUT2D eigenvalue weighted by atomic mass is 9.81. The quantitative estimate of drug-likeness (QED) is 0.853. The molecule has 94 valence electrons. The van der Waals surface area contributed by atoms with Gasteiger partial charge in [0.15, 0.2) is 0 Å². The van der Waals surface area contributed by atoms with Gasteiger partial charge >= 0.3 is 5.97 Å². The van der Waals surface area contributed by atoms with Gasteiger partial charge in [-0.15, -0.1) is 0 Å². The van der Waals surface area contributed by atoms with Crippen molar-refractivity contribution in [2.24, 2.45) is 0 Å². The van der Waals surface area contributed by atoms with Crippen molar-refractivity contribution >= 4 is 5.97 Å². The van der Waals surface area contributed by atoms with E-state index in [1.54, 1.807) is 0 Å². The predicted molar refractivity (Wildman–Crippen MR) is 67.5 cm³/mol. The lowest BCUT2D eigenvalue weighted by molar-refractivity contribution is -0.138. The molecule has 3 heteroatoms. The number of carbonyl (C=O) groups is 1. The first-order chi connectivity index (χ1) is 7.83. The normalized spacial score (nSPS) is 11.6. The second-order valence-corrected chi connectivity index (χ2v) is 5.12. The van der Waals surface area contributed by atoms with E-state index in [1.807, 2.05) is 52.0 Å². The van der Waals surface area contributed by atoms with E-state index in [4.69, 9.17) is 9.84 Å². The average Bonchev–Trinajstić information content (AvgIpc) is 2.15. The van der Waals surface area contributed by atoms with Crippen LogP contribution < -0.4 is 4.74 Å². The van der Waals surface area contributed by atoms with Crippen LogP contribution in [0.3, 0.4) is 0 Å². The summed E-state index contributed by atoms with van der Waals surface area (Å²) in [5.41, 5.74) is 0.508. The largest absolute Gasteiger partial charge is 0.491 e. The zero-order valence-electron chi connectivity index (χ0n) is 10.9. The molecule has 0 unspecified atom stereocenters. The summed E-state index contributed by atoms with van der Waals surface area (Å²) in [5.74, 6) is -0.0249. The summed E-state index contributed by atoms with van der Waals surface area (Å²) in [7, 11) is 0. The van der Waals surface area contributed by atoms with E-state index in [2.05, 4.69) is 0 Å². The van der Waals surface area contributed by atoms with Crippen LogP contribution in [-0.2, 0) is 10.2 Å². The summed E-state index contributed by atoms with van der Waals surface area (Å²) >= 11 is 0. The number of aliphatic carboxylic acids is 1. The van der Waals surface area contributed by atoms with E-state index in [9.17, 15) is 4.79 Å². The van der Waals surface area contributed by atoms with Crippen molar-refractivity contribution in [3.63, 3.8) is 0 Å². The molecule has 0 radical (unpaired) electrons. The summed E-state index contributed by atoms with van der Waals surface area (Å²) in [6.07, 6.45) is 0.169. The van der Waals surface area contributed by atoms with Crippen molar-refractivity contribution in [2.75, 3.05) is 0 Å². The molecule has 1 rings (SSSR count). The van der Waals surface area contributed by atoms with Crippen LogP contribution in [0.25, 0.3) is 0 Å². The van der Waals surface area contributed by atoms with E-state index in [1.165, 1.54) is 0 Å². The smallest absolute Gasteiger partial charge is 0.304 e. The molecular formula is C14H20O3. The Morgan fingerprint density at radius 2 is 1.94 bits per heavy atom. The molecular weight excluding hydrogens is 216 g/mol. The number of carboxylic acids is 1. The molecule has 0 saturated carbocycles. The van der Waals surface area contributed by atoms with Gasteiger partial charge in [0.1, 0.15) is 5.75 Å². The third-order valence-corrected chi connectivity index (χ3v) is 2.57. The zero-order valence-corrected chi connectivity index (χ0v) is 10.9. The Bertz CT molecular complexity index is 394. The van der Waals surface area contributed by atoms with Crippen LogP contribution in [0.5, 0.6) is 5.75 Å². The molecule has 0 atom stereocenters. The highest BCUT2D eigenvalue weighted by molar-refractivity contribution is 5.69. The highest BCUT2D eigenvalue weighted by atomic mass is 16.5. The molecule has 0 aliphatic carbocycles. The number of para-hydroxylation sites is 1. The van der Waals surface area contributed by atoms with Crippen molar-refractivity contribution < 1.29 is 14.6 Å². The molecule has 0 fully saturated rings. The number of hydrogen-bond donors (Lipinski definition) is 1. The van der Waals surface area contributed by atoms with E-state index in [-0.39, 0.29) is 12.5 Å². The minimum atomic E-state index is -0.797. The summed E-state index contributed by atoms with van der Waals surface area (Å²) in [6, 6.07) is 7.63. The Balaban J connectivity index is 3.07. The van der Waals surface area contributed by atoms with Gasteiger partial charge in [-0.2, -0.15) is 0 Å². The highest BCUT2D eigenvalue weighted by Crippen LogP contribution is 2.34. The molecule has 0 aliphatic heterocycles. The minimum absolute atomic E-state index is 0.0804. The van der Waals surface area contributed by atoms with Crippen molar-refractivity contribution in [1.82, 2.24) is 0 Å². The lowest BCUT2D eigenvalue weighted by Crippen LogP contribution is -2.23. The second kappa shape index (κ2) is 5.21. The van der Waals surface area contributed by atoms with Crippen LogP contribution in [0.1, 0.15) is 39.7 Å². The predicted octanol–water partition coefficient (Wildman–Crippen LogP) is 3.23. The Hall–Kier alpha value is -1.51. The minimum Gasteiger partial charge on any atom is -0.491 e. The molecule has 0 aliphatic rings. The third-order valence-electron chi connectivity index (χ3n) is 2.57. The number of rotatable bonds is 5. The fourth-order valence-electron chi connectivity index (χ4n) is 1.86. The van der Waals surface area contributed by atoms with Gasteiger partial charge in [-0.3, -0.25) is 4.79 Å². The van der Waals surface area contributed by atoms with Crippen molar-refractivity contribution in [2.45, 2.75) is 45.6 Å². The molecule has 1 aromatic carbocycles. The van der Waals surface area contributed by atoms with E-state index in [0.29, 0.717) is 0 Å². The fourth-order valence-corrected chi connectivity index (χ4v) is 1.86. The topological polar surface area (TPSA) is 46.5 Å². The van der Waals surface area contributed by atoms with Gasteiger partial charge in [0.25, 0.3) is 0 Å². The third kappa shape index (κ3) is 3.77. The van der Waals surface area contributed by atoms with Crippen molar-refractivity contribution in [3.8, 4) is 5.75 Å². The first-order valence-corrected chi connectivity index (χ1v) is 5.81. The highest BCUT2D eigenvalue weighted by Gasteiger charge is 2.27. The molecule has 0 bridgehead atoms. The van der Waals surface area contributed by atoms with Gasteiger partial charge in [0.2, 0.25) is 0 Å². The number of benzene rings is 1. The number of carboxylic acid groups (broad SMARTS) is 1. The molecule has 0 heterocycles. The van der Waals surface area contributed by atoms with E-state index in [0.717, 1.165) is 11.3 Å². The zero-order chi connectivity index (χ0) is 13.1. The maximum atomic E-state index is 10.9. The monoisotopic (exact) mass is 236 g/mol. The molecule has 0 amide bonds. The summed E-state index contributed by atoms with van der Waals surface area (Å²) in [5, 5.41) is 8.94. The van der Waals surface area contributed by atoms with Gasteiger partial charge in [0.05, 0.1) is 12.5 Å². The maximum absolute atomic E-state index is 10.9. The Morgan fingerprint density at radius 3 is 2.47 bits per heavy atom. The van der Waals surface area contributed by atoms with Crippen LogP contribution in [0.4, 0.5) is 0 Å². The second-order valence-electron chi connectivity index (χ2n) is 5.12. The lowest BCUT2D eigenvalue weighted by Gasteiger charge is -2.26. The average molecular weight is 236 g/mol. The fraction of sp³-hybridized carbons (Fsp3) is 0.500. The Kier molecular flexibility index (Phi) is 4.16. The van der Waals surface area contributed by atoms with Crippen molar-refractivity contribution in [1.29, 1.82) is 0 Å². The number of hydrogen-bond acceptors (Lipinski definition) is 2. The Morgan fingerprint density at radius 1 is 1.35 bits per heavy atom. The summed E-state index contributed by atoms with van der Waals surface area (Å²) < 4.78 is 5.72. The molecule has 0 saturated heterocycles. The van der Waals surface area contributed by atoms with Crippen LogP contribution in [-0.4, -0.2) is 17.2 Å². The van der Waals surface area contributed by atoms with E-state index < -0.39 is 11.4 Å². The van der Waals surface area contributed by atoms with Gasteiger partial charge in [-0.25, -0.2) is 0 Å². The van der Waals surface area contributed by atoms with E-state index >= 15 is 0 Å². The summed E-state index contributed by atoms with van der Waals surface area (Å²) in [4.78, 5) is 10.9. The Labute approximate surface area is 102 Å².